The average Bonchev–Trinajstić information content (AvgIpc) is 3.42. The molecule has 5 heteroatoms. The number of benzene rings is 2. The number of aliphatic hydroxyl groups is 1. The first-order valence-electron chi connectivity index (χ1n) is 8.37. The predicted molar refractivity (Wildman–Crippen MR) is 92.8 cm³/mol. The highest BCUT2D eigenvalue weighted by molar-refractivity contribution is 5.83. The Morgan fingerprint density at radius 2 is 2.00 bits per heavy atom. The molecule has 0 aromatic heterocycles. The van der Waals surface area contributed by atoms with Crippen molar-refractivity contribution >= 4 is 5.91 Å². The maximum absolute atomic E-state index is 13.3. The van der Waals surface area contributed by atoms with Gasteiger partial charge in [-0.05, 0) is 54.7 Å². The molecule has 0 heterocycles. The van der Waals surface area contributed by atoms with Gasteiger partial charge in [-0.25, -0.2) is 4.39 Å². The summed E-state index contributed by atoms with van der Waals surface area (Å²) in [6, 6.07) is 13.1. The third-order valence-corrected chi connectivity index (χ3v) is 4.70. The zero-order valence-electron chi connectivity index (χ0n) is 14.3. The van der Waals surface area contributed by atoms with Crippen LogP contribution in [0.5, 0.6) is 5.75 Å². The van der Waals surface area contributed by atoms with Gasteiger partial charge in [0.05, 0.1) is 19.3 Å². The number of rotatable bonds is 6. The van der Waals surface area contributed by atoms with E-state index in [2.05, 4.69) is 5.32 Å². The molecule has 0 radical (unpaired) electrons. The molecule has 1 aliphatic carbocycles. The van der Waals surface area contributed by atoms with E-state index in [0.29, 0.717) is 17.7 Å². The molecule has 0 bridgehead atoms. The van der Waals surface area contributed by atoms with Gasteiger partial charge in [-0.1, -0.05) is 24.3 Å². The van der Waals surface area contributed by atoms with E-state index in [0.717, 1.165) is 5.56 Å². The fourth-order valence-electron chi connectivity index (χ4n) is 3.09. The normalized spacial score (nSPS) is 21.3. The van der Waals surface area contributed by atoms with Crippen molar-refractivity contribution in [3.63, 3.8) is 0 Å². The van der Waals surface area contributed by atoms with Crippen LogP contribution in [0, 0.1) is 11.7 Å². The van der Waals surface area contributed by atoms with Gasteiger partial charge in [0.25, 0.3) is 0 Å². The molecule has 2 aromatic carbocycles. The van der Waals surface area contributed by atoms with Gasteiger partial charge in [-0.15, -0.1) is 0 Å². The lowest BCUT2D eigenvalue weighted by molar-refractivity contribution is -0.123. The minimum atomic E-state index is -0.804. The Bertz CT molecular complexity index is 747. The van der Waals surface area contributed by atoms with Crippen LogP contribution in [0.4, 0.5) is 4.39 Å². The number of carbonyl (C=O) groups is 1. The van der Waals surface area contributed by atoms with Crippen LogP contribution in [0.1, 0.15) is 36.5 Å². The highest BCUT2D eigenvalue weighted by atomic mass is 19.1. The molecule has 4 unspecified atom stereocenters. The van der Waals surface area contributed by atoms with Crippen molar-refractivity contribution in [1.82, 2.24) is 5.32 Å². The molecule has 132 valence electrons. The second-order valence-corrected chi connectivity index (χ2v) is 6.52. The molecule has 2 aromatic rings. The maximum atomic E-state index is 13.3. The van der Waals surface area contributed by atoms with E-state index < -0.39 is 12.1 Å². The van der Waals surface area contributed by atoms with Gasteiger partial charge in [0.2, 0.25) is 5.91 Å². The van der Waals surface area contributed by atoms with Crippen LogP contribution in [0.25, 0.3) is 0 Å². The molecule has 1 saturated carbocycles. The maximum Gasteiger partial charge on any atom is 0.224 e. The Hall–Kier alpha value is -2.40. The first-order chi connectivity index (χ1) is 12.0. The largest absolute Gasteiger partial charge is 0.497 e. The van der Waals surface area contributed by atoms with Gasteiger partial charge in [-0.3, -0.25) is 4.79 Å². The lowest BCUT2D eigenvalue weighted by Gasteiger charge is -2.21. The molecule has 3 rings (SSSR count). The van der Waals surface area contributed by atoms with E-state index in [1.165, 1.54) is 12.1 Å². The third kappa shape index (κ3) is 3.99. The van der Waals surface area contributed by atoms with Crippen LogP contribution in [0.2, 0.25) is 0 Å². The first kappa shape index (κ1) is 17.4. The summed E-state index contributed by atoms with van der Waals surface area (Å²) in [6.07, 6.45) is -0.0955. The van der Waals surface area contributed by atoms with Crippen molar-refractivity contribution < 1.29 is 19.0 Å². The van der Waals surface area contributed by atoms with E-state index >= 15 is 0 Å². The van der Waals surface area contributed by atoms with Crippen LogP contribution in [-0.2, 0) is 4.79 Å². The summed E-state index contributed by atoms with van der Waals surface area (Å²) in [5.41, 5.74) is 1.56. The van der Waals surface area contributed by atoms with Gasteiger partial charge < -0.3 is 15.2 Å². The van der Waals surface area contributed by atoms with E-state index in [1.54, 1.807) is 44.4 Å². The minimum Gasteiger partial charge on any atom is -0.497 e. The molecule has 25 heavy (non-hydrogen) atoms. The minimum absolute atomic E-state index is 0.0565. The Morgan fingerprint density at radius 3 is 2.64 bits per heavy atom. The Morgan fingerprint density at radius 1 is 1.28 bits per heavy atom. The number of hydrogen-bond acceptors (Lipinski definition) is 3. The van der Waals surface area contributed by atoms with Crippen LogP contribution in [-0.4, -0.2) is 24.2 Å². The number of halogens is 1. The zero-order valence-corrected chi connectivity index (χ0v) is 14.3. The highest BCUT2D eigenvalue weighted by Crippen LogP contribution is 2.47. The number of aliphatic hydroxyl groups excluding tert-OH is 1. The number of nitrogens with one attached hydrogen (secondary N) is 1. The molecule has 0 spiro atoms. The van der Waals surface area contributed by atoms with Crippen molar-refractivity contribution in [2.24, 2.45) is 5.92 Å². The Labute approximate surface area is 146 Å². The number of carbonyl (C=O) groups excluding carboxylic acids is 1. The quantitative estimate of drug-likeness (QED) is 0.847. The monoisotopic (exact) mass is 343 g/mol. The van der Waals surface area contributed by atoms with E-state index in [4.69, 9.17) is 4.74 Å². The summed E-state index contributed by atoms with van der Waals surface area (Å²) in [6.45, 7) is 1.77. The van der Waals surface area contributed by atoms with Gasteiger partial charge >= 0.3 is 0 Å². The summed E-state index contributed by atoms with van der Waals surface area (Å²) in [4.78, 5) is 12.4. The lowest BCUT2D eigenvalue weighted by atomic mass is 10.0. The van der Waals surface area contributed by atoms with E-state index in [9.17, 15) is 14.3 Å². The van der Waals surface area contributed by atoms with Crippen LogP contribution in [0.15, 0.2) is 48.5 Å². The van der Waals surface area contributed by atoms with Crippen molar-refractivity contribution in [2.75, 3.05) is 7.11 Å². The molecule has 0 aliphatic heterocycles. The van der Waals surface area contributed by atoms with Gasteiger partial charge in [-0.2, -0.15) is 0 Å². The summed E-state index contributed by atoms with van der Waals surface area (Å²) in [7, 11) is 1.58. The summed E-state index contributed by atoms with van der Waals surface area (Å²) < 4.78 is 18.4. The molecule has 2 N–H and O–H groups in total. The molecule has 1 fully saturated rings. The molecule has 4 atom stereocenters. The number of methoxy groups -OCH3 is 1. The number of hydrogen-bond donors (Lipinski definition) is 2. The Kier molecular flexibility index (Phi) is 5.04. The van der Waals surface area contributed by atoms with Crippen LogP contribution >= 0.6 is 0 Å². The van der Waals surface area contributed by atoms with E-state index in [-0.39, 0.29) is 23.6 Å². The molecule has 0 saturated heterocycles. The molecule has 1 aliphatic rings. The van der Waals surface area contributed by atoms with Crippen molar-refractivity contribution in [3.05, 3.63) is 65.5 Å². The number of amides is 1. The SMILES string of the molecule is COc1ccc(C(O)C(C)NC(=O)C2CC2c2cccc(F)c2)cc1. The van der Waals surface area contributed by atoms with Crippen LogP contribution < -0.4 is 10.1 Å². The molecule has 1 amide bonds. The third-order valence-electron chi connectivity index (χ3n) is 4.70. The van der Waals surface area contributed by atoms with Crippen molar-refractivity contribution in [2.45, 2.75) is 31.4 Å². The van der Waals surface area contributed by atoms with Gasteiger partial charge in [0, 0.05) is 5.92 Å². The molecular formula is C20H22FNO3. The predicted octanol–water partition coefficient (Wildman–Crippen LogP) is 3.18. The summed E-state index contributed by atoms with van der Waals surface area (Å²) in [5, 5.41) is 13.3. The smallest absolute Gasteiger partial charge is 0.224 e. The van der Waals surface area contributed by atoms with Gasteiger partial charge in [0.1, 0.15) is 11.6 Å². The topological polar surface area (TPSA) is 58.6 Å². The molecule has 4 nitrogen and oxygen atoms in total. The average molecular weight is 343 g/mol. The fraction of sp³-hybridized carbons (Fsp3) is 0.350. The first-order valence-corrected chi connectivity index (χ1v) is 8.37. The fourth-order valence-corrected chi connectivity index (χ4v) is 3.09. The van der Waals surface area contributed by atoms with Crippen LogP contribution in [0.3, 0.4) is 0 Å². The summed E-state index contributed by atoms with van der Waals surface area (Å²) >= 11 is 0. The zero-order chi connectivity index (χ0) is 18.0. The second-order valence-electron chi connectivity index (χ2n) is 6.52. The van der Waals surface area contributed by atoms with Crippen molar-refractivity contribution in [1.29, 1.82) is 0 Å². The lowest BCUT2D eigenvalue weighted by Crippen LogP contribution is -2.38. The van der Waals surface area contributed by atoms with E-state index in [1.807, 2.05) is 6.07 Å². The second kappa shape index (κ2) is 7.23. The summed E-state index contributed by atoms with van der Waals surface area (Å²) in [5.74, 6) is 0.220. The molecular weight excluding hydrogens is 321 g/mol. The Balaban J connectivity index is 1.57. The highest BCUT2D eigenvalue weighted by Gasteiger charge is 2.44. The van der Waals surface area contributed by atoms with Crippen molar-refractivity contribution in [3.8, 4) is 5.75 Å². The number of ether oxygens (including phenoxy) is 1. The standard InChI is InChI=1S/C20H22FNO3/c1-12(19(23)13-6-8-16(25-2)9-7-13)22-20(24)18-11-17(18)14-4-3-5-15(21)10-14/h3-10,12,17-19,23H,11H2,1-2H3,(H,22,24). The van der Waals surface area contributed by atoms with Gasteiger partial charge in [0.15, 0.2) is 0 Å².